The second-order valence-electron chi connectivity index (χ2n) is 7.79. The van der Waals surface area contributed by atoms with Crippen LogP contribution in [0.3, 0.4) is 0 Å². The maximum absolute atomic E-state index is 12.1. The second-order valence-corrected chi connectivity index (χ2v) is 7.79. The molecule has 40 heavy (non-hydrogen) atoms. The first-order valence-electron chi connectivity index (χ1n) is 14.0. The van der Waals surface area contributed by atoms with Crippen LogP contribution in [0.1, 0.15) is 64.0 Å². The van der Waals surface area contributed by atoms with Crippen molar-refractivity contribution in [3.05, 3.63) is 108 Å². The molecule has 4 rings (SSSR count). The van der Waals surface area contributed by atoms with Crippen LogP contribution in [0.5, 0.6) is 0 Å². The first-order valence-corrected chi connectivity index (χ1v) is 14.0. The summed E-state index contributed by atoms with van der Waals surface area (Å²) >= 11 is 0. The summed E-state index contributed by atoms with van der Waals surface area (Å²) in [6.45, 7) is 12.7. The quantitative estimate of drug-likeness (QED) is 0.198. The van der Waals surface area contributed by atoms with Crippen molar-refractivity contribution in [1.82, 2.24) is 10.3 Å². The molecule has 3 aromatic carbocycles. The Kier molecular flexibility index (Phi) is 16.4. The lowest BCUT2D eigenvalue weighted by atomic mass is 10.0. The SMILES string of the molecule is CC.CC.CC.O=C(O)CCNC(=O)c1ccc(-c2ccccc2CNc2ccc(-c3ccccc3)cc2)cn1. The average Bonchev–Trinajstić information content (AvgIpc) is 3.03. The number of hydrogen-bond acceptors (Lipinski definition) is 4. The number of amides is 1. The van der Waals surface area contributed by atoms with Crippen molar-refractivity contribution in [2.45, 2.75) is 54.5 Å². The predicted octanol–water partition coefficient (Wildman–Crippen LogP) is 8.31. The van der Waals surface area contributed by atoms with E-state index >= 15 is 0 Å². The predicted molar refractivity (Wildman–Crippen MR) is 168 cm³/mol. The van der Waals surface area contributed by atoms with E-state index in [1.807, 2.05) is 84.0 Å². The molecular weight excluding hydrogens is 498 g/mol. The fraction of sp³-hybridized carbons (Fsp3) is 0.265. The third kappa shape index (κ3) is 10.7. The van der Waals surface area contributed by atoms with Gasteiger partial charge in [0.1, 0.15) is 5.69 Å². The molecule has 1 aromatic heterocycles. The van der Waals surface area contributed by atoms with Gasteiger partial charge in [-0.2, -0.15) is 0 Å². The van der Waals surface area contributed by atoms with Gasteiger partial charge >= 0.3 is 5.97 Å². The number of benzene rings is 3. The molecule has 6 nitrogen and oxygen atoms in total. The molecule has 0 radical (unpaired) electrons. The average molecular weight is 542 g/mol. The molecule has 0 saturated heterocycles. The van der Waals surface area contributed by atoms with Gasteiger partial charge in [-0.05, 0) is 40.5 Å². The number of aliphatic carboxylic acids is 1. The molecule has 1 heterocycles. The first kappa shape index (κ1) is 33.6. The topological polar surface area (TPSA) is 91.3 Å². The van der Waals surface area contributed by atoms with Crippen molar-refractivity contribution in [2.75, 3.05) is 11.9 Å². The zero-order chi connectivity index (χ0) is 29.8. The summed E-state index contributed by atoms with van der Waals surface area (Å²) in [4.78, 5) is 27.0. The van der Waals surface area contributed by atoms with Crippen molar-refractivity contribution in [2.24, 2.45) is 0 Å². The highest BCUT2D eigenvalue weighted by Gasteiger charge is 2.10. The Morgan fingerprint density at radius 1 is 0.700 bits per heavy atom. The van der Waals surface area contributed by atoms with Crippen LogP contribution < -0.4 is 10.6 Å². The van der Waals surface area contributed by atoms with Crippen molar-refractivity contribution in [3.8, 4) is 22.3 Å². The standard InChI is InChI=1S/C28H25N3O3.3C2H6/c32-27(33)16-17-29-28(34)26-15-12-23(19-31-26)25-9-5-4-8-22(25)18-30-24-13-10-21(11-14-24)20-6-2-1-3-7-20;3*1-2/h1-15,19,30H,16-18H2,(H,29,34)(H,32,33);3*1-2H3. The number of hydrogen-bond donors (Lipinski definition) is 3. The van der Waals surface area contributed by atoms with Crippen molar-refractivity contribution >= 4 is 17.6 Å². The number of nitrogens with zero attached hydrogens (tertiary/aromatic N) is 1. The zero-order valence-electron chi connectivity index (χ0n) is 24.6. The summed E-state index contributed by atoms with van der Waals surface area (Å²) in [5.74, 6) is -1.34. The summed E-state index contributed by atoms with van der Waals surface area (Å²) in [7, 11) is 0. The van der Waals surface area contributed by atoms with Crippen LogP contribution in [-0.4, -0.2) is 28.5 Å². The Hall–Kier alpha value is -4.45. The van der Waals surface area contributed by atoms with Crippen LogP contribution in [0, 0.1) is 0 Å². The highest BCUT2D eigenvalue weighted by molar-refractivity contribution is 5.92. The molecule has 4 aromatic rings. The van der Waals surface area contributed by atoms with E-state index in [0.29, 0.717) is 6.54 Å². The van der Waals surface area contributed by atoms with Crippen molar-refractivity contribution < 1.29 is 14.7 Å². The van der Waals surface area contributed by atoms with E-state index in [-0.39, 0.29) is 24.6 Å². The van der Waals surface area contributed by atoms with E-state index in [2.05, 4.69) is 58.1 Å². The van der Waals surface area contributed by atoms with Gasteiger partial charge in [-0.25, -0.2) is 0 Å². The van der Waals surface area contributed by atoms with Gasteiger partial charge in [-0.15, -0.1) is 0 Å². The Morgan fingerprint density at radius 3 is 1.88 bits per heavy atom. The number of aromatic nitrogens is 1. The summed E-state index contributed by atoms with van der Waals surface area (Å²) < 4.78 is 0. The molecule has 3 N–H and O–H groups in total. The Labute approximate surface area is 239 Å². The number of carboxylic acid groups (broad SMARTS) is 1. The monoisotopic (exact) mass is 541 g/mol. The molecule has 0 aliphatic heterocycles. The van der Waals surface area contributed by atoms with Gasteiger partial charge in [0.2, 0.25) is 0 Å². The molecule has 0 atom stereocenters. The van der Waals surface area contributed by atoms with Crippen molar-refractivity contribution in [1.29, 1.82) is 0 Å². The normalized spacial score (nSPS) is 9.35. The number of rotatable bonds is 9. The number of carbonyl (C=O) groups is 2. The summed E-state index contributed by atoms with van der Waals surface area (Å²) in [5, 5.41) is 14.7. The second kappa shape index (κ2) is 19.6. The molecule has 0 spiro atoms. The first-order chi connectivity index (χ1) is 19.6. The van der Waals surface area contributed by atoms with Crippen molar-refractivity contribution in [3.63, 3.8) is 0 Å². The number of nitrogens with one attached hydrogen (secondary N) is 2. The van der Waals surface area contributed by atoms with Crippen LogP contribution in [0.15, 0.2) is 97.2 Å². The van der Waals surface area contributed by atoms with Gasteiger partial charge < -0.3 is 15.7 Å². The number of carboxylic acids is 1. The number of carbonyl (C=O) groups excluding carboxylic acids is 1. The molecule has 1 amide bonds. The Balaban J connectivity index is 0.00000125. The third-order valence-electron chi connectivity index (χ3n) is 5.42. The van der Waals surface area contributed by atoms with E-state index in [1.165, 1.54) is 11.1 Å². The lowest BCUT2D eigenvalue weighted by molar-refractivity contribution is -0.136. The van der Waals surface area contributed by atoms with Crippen LogP contribution in [0.4, 0.5) is 5.69 Å². The minimum atomic E-state index is -0.957. The highest BCUT2D eigenvalue weighted by Crippen LogP contribution is 2.25. The van der Waals surface area contributed by atoms with E-state index in [1.54, 1.807) is 12.3 Å². The van der Waals surface area contributed by atoms with Gasteiger partial charge in [0, 0.05) is 30.5 Å². The smallest absolute Gasteiger partial charge is 0.305 e. The molecule has 0 bridgehead atoms. The molecular formula is C34H43N3O3. The lowest BCUT2D eigenvalue weighted by Gasteiger charge is -2.12. The van der Waals surface area contributed by atoms with E-state index in [0.717, 1.165) is 22.4 Å². The van der Waals surface area contributed by atoms with Crippen LogP contribution in [-0.2, 0) is 11.3 Å². The largest absolute Gasteiger partial charge is 0.481 e. The van der Waals surface area contributed by atoms with Gasteiger partial charge in [0.25, 0.3) is 5.91 Å². The molecule has 0 aliphatic carbocycles. The molecule has 6 heteroatoms. The summed E-state index contributed by atoms with van der Waals surface area (Å²) in [6, 6.07) is 30.2. The number of pyridine rings is 1. The Morgan fingerprint density at radius 2 is 1.27 bits per heavy atom. The van der Waals surface area contributed by atoms with Crippen LogP contribution in [0.25, 0.3) is 22.3 Å². The molecule has 212 valence electrons. The molecule has 0 saturated carbocycles. The summed E-state index contributed by atoms with van der Waals surface area (Å²) in [5.41, 5.74) is 6.68. The van der Waals surface area contributed by atoms with E-state index in [4.69, 9.17) is 5.11 Å². The molecule has 0 fully saturated rings. The zero-order valence-corrected chi connectivity index (χ0v) is 24.6. The maximum atomic E-state index is 12.1. The minimum absolute atomic E-state index is 0.0679. The van der Waals surface area contributed by atoms with E-state index in [9.17, 15) is 9.59 Å². The molecule has 0 aliphatic rings. The minimum Gasteiger partial charge on any atom is -0.481 e. The van der Waals surface area contributed by atoms with Crippen LogP contribution >= 0.6 is 0 Å². The van der Waals surface area contributed by atoms with Gasteiger partial charge in [0.15, 0.2) is 0 Å². The van der Waals surface area contributed by atoms with Crippen LogP contribution in [0.2, 0.25) is 0 Å². The lowest BCUT2D eigenvalue weighted by Crippen LogP contribution is -2.26. The van der Waals surface area contributed by atoms with Gasteiger partial charge in [-0.1, -0.05) is 114 Å². The fourth-order valence-electron chi connectivity index (χ4n) is 3.63. The summed E-state index contributed by atoms with van der Waals surface area (Å²) in [6.07, 6.45) is 1.54. The fourth-order valence-corrected chi connectivity index (χ4v) is 3.63. The highest BCUT2D eigenvalue weighted by atomic mass is 16.4. The van der Waals surface area contributed by atoms with Gasteiger partial charge in [0.05, 0.1) is 6.42 Å². The number of anilines is 1. The van der Waals surface area contributed by atoms with Gasteiger partial charge in [-0.3, -0.25) is 14.6 Å². The third-order valence-corrected chi connectivity index (χ3v) is 5.42. The maximum Gasteiger partial charge on any atom is 0.305 e. The Bertz CT molecular complexity index is 1260. The van der Waals surface area contributed by atoms with E-state index < -0.39 is 5.97 Å². The molecule has 0 unspecified atom stereocenters.